The number of hydrogen-bond acceptors (Lipinski definition) is 5. The van der Waals surface area contributed by atoms with Crippen LogP contribution in [-0.4, -0.2) is 44.6 Å². The molecule has 1 aliphatic heterocycles. The monoisotopic (exact) mass is 309 g/mol. The minimum absolute atomic E-state index is 0.0458. The van der Waals surface area contributed by atoms with Crippen LogP contribution in [0.15, 0.2) is 12.4 Å². The van der Waals surface area contributed by atoms with E-state index in [0.29, 0.717) is 19.0 Å². The second-order valence-corrected chi connectivity index (χ2v) is 6.47. The molecule has 1 saturated heterocycles. The number of amides is 1. The first-order chi connectivity index (χ1) is 10.2. The number of carbonyl (C=O) groups excluding carboxylic acids is 1. The number of carbonyl (C=O) groups is 1. The van der Waals surface area contributed by atoms with Crippen molar-refractivity contribution in [3.05, 3.63) is 22.5 Å². The van der Waals surface area contributed by atoms with Gasteiger partial charge in [0, 0.05) is 19.1 Å². The first-order valence-corrected chi connectivity index (χ1v) is 7.48. The van der Waals surface area contributed by atoms with Crippen LogP contribution in [0.25, 0.3) is 0 Å². The van der Waals surface area contributed by atoms with E-state index in [1.165, 1.54) is 10.9 Å². The van der Waals surface area contributed by atoms with Crippen molar-refractivity contribution in [2.24, 2.45) is 11.7 Å². The van der Waals surface area contributed by atoms with Crippen molar-refractivity contribution in [3.8, 4) is 0 Å². The minimum atomic E-state index is -0.964. The smallest absolute Gasteiger partial charge is 0.307 e. The van der Waals surface area contributed by atoms with E-state index in [4.69, 9.17) is 5.73 Å². The predicted molar refractivity (Wildman–Crippen MR) is 81.2 cm³/mol. The van der Waals surface area contributed by atoms with E-state index in [2.05, 4.69) is 5.10 Å². The van der Waals surface area contributed by atoms with Crippen molar-refractivity contribution in [3.63, 3.8) is 0 Å². The average Bonchev–Trinajstić information content (AvgIpc) is 2.97. The quantitative estimate of drug-likeness (QED) is 0.662. The van der Waals surface area contributed by atoms with Crippen molar-refractivity contribution < 1.29 is 9.72 Å². The number of piperidine rings is 1. The van der Waals surface area contributed by atoms with Crippen LogP contribution in [-0.2, 0) is 10.3 Å². The number of nitrogens with zero attached hydrogens (tertiary/aromatic N) is 4. The van der Waals surface area contributed by atoms with Gasteiger partial charge in [-0.2, -0.15) is 5.10 Å². The summed E-state index contributed by atoms with van der Waals surface area (Å²) in [5.41, 5.74) is 4.87. The van der Waals surface area contributed by atoms with Gasteiger partial charge in [0.2, 0.25) is 5.91 Å². The second-order valence-electron chi connectivity index (χ2n) is 6.47. The molecule has 0 bridgehead atoms. The summed E-state index contributed by atoms with van der Waals surface area (Å²) in [6.45, 7) is 6.72. The molecule has 2 heterocycles. The van der Waals surface area contributed by atoms with E-state index in [1.807, 2.05) is 6.92 Å². The first kappa shape index (κ1) is 16.4. The highest BCUT2D eigenvalue weighted by atomic mass is 16.6. The average molecular weight is 309 g/mol. The molecule has 0 saturated carbocycles. The van der Waals surface area contributed by atoms with Crippen molar-refractivity contribution in [1.29, 1.82) is 0 Å². The zero-order chi connectivity index (χ0) is 16.5. The van der Waals surface area contributed by atoms with Gasteiger partial charge >= 0.3 is 5.69 Å². The number of nitro groups is 1. The van der Waals surface area contributed by atoms with Crippen molar-refractivity contribution >= 4 is 11.6 Å². The largest absolute Gasteiger partial charge is 0.340 e. The fraction of sp³-hybridized carbons (Fsp3) is 0.714. The Morgan fingerprint density at radius 3 is 2.82 bits per heavy atom. The summed E-state index contributed by atoms with van der Waals surface area (Å²) in [7, 11) is 0. The third kappa shape index (κ3) is 3.11. The molecule has 2 rings (SSSR count). The lowest BCUT2D eigenvalue weighted by atomic mass is 9.90. The highest BCUT2D eigenvalue weighted by molar-refractivity contribution is 5.83. The maximum absolute atomic E-state index is 12.8. The van der Waals surface area contributed by atoms with Gasteiger partial charge in [-0.15, -0.1) is 0 Å². The Morgan fingerprint density at radius 2 is 2.27 bits per heavy atom. The normalized spacial score (nSPS) is 20.7. The van der Waals surface area contributed by atoms with Gasteiger partial charge < -0.3 is 10.6 Å². The van der Waals surface area contributed by atoms with Crippen LogP contribution in [0.1, 0.15) is 33.6 Å². The number of hydrogen-bond donors (Lipinski definition) is 1. The molecule has 1 aliphatic rings. The molecule has 8 nitrogen and oxygen atoms in total. The fourth-order valence-electron chi connectivity index (χ4n) is 2.82. The molecule has 2 unspecified atom stereocenters. The zero-order valence-corrected chi connectivity index (χ0v) is 13.2. The summed E-state index contributed by atoms with van der Waals surface area (Å²) in [5.74, 6) is 0.205. The number of likely N-dealkylation sites (tertiary alicyclic amines) is 1. The molecule has 1 aromatic heterocycles. The molecular formula is C14H23N5O3. The van der Waals surface area contributed by atoms with Gasteiger partial charge in [0.05, 0.1) is 4.92 Å². The highest BCUT2D eigenvalue weighted by Crippen LogP contribution is 2.25. The Hall–Kier alpha value is -1.96. The van der Waals surface area contributed by atoms with E-state index in [0.717, 1.165) is 19.0 Å². The number of rotatable bonds is 4. The molecular weight excluding hydrogens is 286 g/mol. The minimum Gasteiger partial charge on any atom is -0.340 e. The van der Waals surface area contributed by atoms with Crippen LogP contribution in [0.3, 0.4) is 0 Å². The summed E-state index contributed by atoms with van der Waals surface area (Å²) >= 11 is 0. The van der Waals surface area contributed by atoms with Crippen molar-refractivity contribution in [1.82, 2.24) is 14.7 Å². The maximum atomic E-state index is 12.8. The lowest BCUT2D eigenvalue weighted by Crippen LogP contribution is -2.52. The molecule has 0 aliphatic carbocycles. The molecule has 0 aromatic carbocycles. The van der Waals surface area contributed by atoms with E-state index < -0.39 is 10.5 Å². The van der Waals surface area contributed by atoms with Gasteiger partial charge in [0.15, 0.2) is 0 Å². The van der Waals surface area contributed by atoms with Gasteiger partial charge in [0.1, 0.15) is 17.9 Å². The summed E-state index contributed by atoms with van der Waals surface area (Å²) in [6.07, 6.45) is 4.41. The second kappa shape index (κ2) is 6.04. The van der Waals surface area contributed by atoms with Gasteiger partial charge in [-0.1, -0.05) is 0 Å². The molecule has 0 spiro atoms. The number of aromatic nitrogens is 2. The van der Waals surface area contributed by atoms with Gasteiger partial charge in [0.25, 0.3) is 0 Å². The maximum Gasteiger partial charge on any atom is 0.307 e. The van der Waals surface area contributed by atoms with Gasteiger partial charge in [-0.05, 0) is 39.5 Å². The first-order valence-electron chi connectivity index (χ1n) is 7.48. The van der Waals surface area contributed by atoms with E-state index >= 15 is 0 Å². The summed E-state index contributed by atoms with van der Waals surface area (Å²) < 4.78 is 1.36. The molecule has 22 heavy (non-hydrogen) atoms. The zero-order valence-electron chi connectivity index (χ0n) is 13.2. The molecule has 122 valence electrons. The highest BCUT2D eigenvalue weighted by Gasteiger charge is 2.37. The van der Waals surface area contributed by atoms with E-state index in [-0.39, 0.29) is 17.6 Å². The summed E-state index contributed by atoms with van der Waals surface area (Å²) in [4.78, 5) is 24.9. The lowest BCUT2D eigenvalue weighted by Gasteiger charge is -2.38. The summed E-state index contributed by atoms with van der Waals surface area (Å²) in [6, 6.07) is 0.0458. The van der Waals surface area contributed by atoms with Gasteiger partial charge in [-0.3, -0.25) is 19.6 Å². The van der Waals surface area contributed by atoms with Crippen LogP contribution in [0, 0.1) is 16.0 Å². The Bertz CT molecular complexity index is 567. The topological polar surface area (TPSA) is 107 Å². The summed E-state index contributed by atoms with van der Waals surface area (Å²) in [5, 5.41) is 14.8. The Labute approximate surface area is 129 Å². The standard InChI is InChI=1S/C14H23N5O3/c1-10(15)11-5-4-6-17(8-11)13(20)14(2,3)18-9-12(7-16-18)19(21)22/h7,9-11H,4-6,8,15H2,1-3H3. The van der Waals surface area contributed by atoms with Crippen LogP contribution < -0.4 is 5.73 Å². The Balaban J connectivity index is 2.17. The van der Waals surface area contributed by atoms with Crippen LogP contribution >= 0.6 is 0 Å². The molecule has 1 aromatic rings. The van der Waals surface area contributed by atoms with E-state index in [1.54, 1.807) is 18.7 Å². The Kier molecular flexibility index (Phi) is 4.50. The van der Waals surface area contributed by atoms with Crippen LogP contribution in [0.5, 0.6) is 0 Å². The number of nitrogens with two attached hydrogens (primary N) is 1. The molecule has 1 amide bonds. The molecule has 1 fully saturated rings. The molecule has 0 radical (unpaired) electrons. The third-order valence-electron chi connectivity index (χ3n) is 4.36. The SMILES string of the molecule is CC(N)C1CCCN(C(=O)C(C)(C)n2cc([N+](=O)[O-])cn2)C1. The Morgan fingerprint density at radius 1 is 1.59 bits per heavy atom. The lowest BCUT2D eigenvalue weighted by molar-refractivity contribution is -0.385. The van der Waals surface area contributed by atoms with Gasteiger partial charge in [-0.25, -0.2) is 0 Å². The van der Waals surface area contributed by atoms with Crippen LogP contribution in [0.2, 0.25) is 0 Å². The third-order valence-corrected chi connectivity index (χ3v) is 4.36. The van der Waals surface area contributed by atoms with Crippen molar-refractivity contribution in [2.75, 3.05) is 13.1 Å². The molecule has 2 atom stereocenters. The molecule has 2 N–H and O–H groups in total. The predicted octanol–water partition coefficient (Wildman–Crippen LogP) is 1.11. The van der Waals surface area contributed by atoms with E-state index in [9.17, 15) is 14.9 Å². The fourth-order valence-corrected chi connectivity index (χ4v) is 2.82. The van der Waals surface area contributed by atoms with Crippen molar-refractivity contribution in [2.45, 2.75) is 45.2 Å². The molecule has 8 heteroatoms. The van der Waals surface area contributed by atoms with Crippen LogP contribution in [0.4, 0.5) is 5.69 Å².